The van der Waals surface area contributed by atoms with Gasteiger partial charge in [-0.15, -0.1) is 0 Å². The summed E-state index contributed by atoms with van der Waals surface area (Å²) in [5.41, 5.74) is 0.0458. The van der Waals surface area contributed by atoms with Crippen molar-refractivity contribution in [2.75, 3.05) is 13.7 Å². The highest BCUT2D eigenvalue weighted by Crippen LogP contribution is 2.00. The molecule has 0 radical (unpaired) electrons. The molecule has 0 aliphatic carbocycles. The van der Waals surface area contributed by atoms with Gasteiger partial charge in [0.2, 0.25) is 11.5 Å². The Morgan fingerprint density at radius 3 is 2.61 bits per heavy atom. The summed E-state index contributed by atoms with van der Waals surface area (Å²) in [5.74, 6) is -0.946. The molecule has 0 fully saturated rings. The molecule has 0 spiro atoms. The molecule has 0 unspecified atom stereocenters. The number of nitrogens with zero attached hydrogens (tertiary/aromatic N) is 2. The van der Waals surface area contributed by atoms with E-state index in [1.54, 1.807) is 36.4 Å². The second kappa shape index (κ2) is 6.81. The molecular formula is C12H11N3O3. The number of ketones is 1. The molecule has 1 aromatic carbocycles. The van der Waals surface area contributed by atoms with Crippen LogP contribution in [0.2, 0.25) is 0 Å². The van der Waals surface area contributed by atoms with Gasteiger partial charge in [0, 0.05) is 12.6 Å². The van der Waals surface area contributed by atoms with Crippen LogP contribution < -0.4 is 5.32 Å². The van der Waals surface area contributed by atoms with E-state index in [-0.39, 0.29) is 12.4 Å². The number of hydrogen-bond acceptors (Lipinski definition) is 5. The number of nitrogens with one attached hydrogen (secondary N) is 1. The average molecular weight is 245 g/mol. The van der Waals surface area contributed by atoms with Crippen LogP contribution in [0.15, 0.2) is 35.5 Å². The maximum atomic E-state index is 11.6. The Bertz CT molecular complexity index is 503. The summed E-state index contributed by atoms with van der Waals surface area (Å²) >= 11 is 0. The quantitative estimate of drug-likeness (QED) is 0.465. The SMILES string of the molecule is CNC(=O)/C(C#N)=N/OCC(=O)c1ccccc1. The van der Waals surface area contributed by atoms with Crippen LogP contribution >= 0.6 is 0 Å². The van der Waals surface area contributed by atoms with Crippen molar-refractivity contribution in [1.82, 2.24) is 5.32 Å². The smallest absolute Gasteiger partial charge is 0.284 e. The zero-order chi connectivity index (χ0) is 13.4. The van der Waals surface area contributed by atoms with E-state index in [9.17, 15) is 9.59 Å². The van der Waals surface area contributed by atoms with Crippen molar-refractivity contribution >= 4 is 17.4 Å². The normalized spacial score (nSPS) is 10.3. The molecule has 6 heteroatoms. The molecule has 18 heavy (non-hydrogen) atoms. The Morgan fingerprint density at radius 2 is 2.06 bits per heavy atom. The van der Waals surface area contributed by atoms with Crippen molar-refractivity contribution in [3.63, 3.8) is 0 Å². The summed E-state index contributed by atoms with van der Waals surface area (Å²) in [4.78, 5) is 27.3. The fourth-order valence-electron chi connectivity index (χ4n) is 1.09. The molecule has 0 aromatic heterocycles. The molecule has 1 N–H and O–H groups in total. The standard InChI is InChI=1S/C12H11N3O3/c1-14-12(17)10(7-13)15-18-8-11(16)9-5-3-2-4-6-9/h2-6H,8H2,1H3,(H,14,17)/b15-10+. The second-order valence-electron chi connectivity index (χ2n) is 3.19. The maximum Gasteiger partial charge on any atom is 0.284 e. The highest BCUT2D eigenvalue weighted by molar-refractivity contribution is 6.44. The van der Waals surface area contributed by atoms with E-state index in [0.29, 0.717) is 5.56 Å². The third kappa shape index (κ3) is 3.72. The Labute approximate surface area is 104 Å². The summed E-state index contributed by atoms with van der Waals surface area (Å²) in [7, 11) is 1.37. The van der Waals surface area contributed by atoms with E-state index in [2.05, 4.69) is 15.3 Å². The number of rotatable bonds is 5. The van der Waals surface area contributed by atoms with E-state index in [0.717, 1.165) is 0 Å². The zero-order valence-electron chi connectivity index (χ0n) is 9.71. The predicted octanol–water partition coefficient (Wildman–Crippen LogP) is 0.511. The lowest BCUT2D eigenvalue weighted by Crippen LogP contribution is -2.26. The van der Waals surface area contributed by atoms with Crippen LogP contribution in [-0.4, -0.2) is 31.1 Å². The molecule has 0 atom stereocenters. The predicted molar refractivity (Wildman–Crippen MR) is 63.8 cm³/mol. The van der Waals surface area contributed by atoms with Crippen molar-refractivity contribution in [3.05, 3.63) is 35.9 Å². The van der Waals surface area contributed by atoms with Gasteiger partial charge < -0.3 is 10.2 Å². The molecule has 0 saturated carbocycles. The number of hydrogen-bond donors (Lipinski definition) is 1. The van der Waals surface area contributed by atoms with Gasteiger partial charge in [0.1, 0.15) is 6.07 Å². The van der Waals surface area contributed by atoms with Crippen molar-refractivity contribution < 1.29 is 14.4 Å². The molecule has 0 heterocycles. The lowest BCUT2D eigenvalue weighted by atomic mass is 10.1. The second-order valence-corrected chi connectivity index (χ2v) is 3.19. The Morgan fingerprint density at radius 1 is 1.39 bits per heavy atom. The molecule has 0 saturated heterocycles. The molecule has 0 aliphatic rings. The number of carbonyl (C=O) groups is 2. The largest absolute Gasteiger partial charge is 0.386 e. The van der Waals surface area contributed by atoms with E-state index < -0.39 is 11.6 Å². The van der Waals surface area contributed by atoms with Crippen LogP contribution in [-0.2, 0) is 9.63 Å². The fraction of sp³-hybridized carbons (Fsp3) is 0.167. The highest BCUT2D eigenvalue weighted by atomic mass is 16.6. The van der Waals surface area contributed by atoms with Gasteiger partial charge in [-0.05, 0) is 0 Å². The van der Waals surface area contributed by atoms with Crippen molar-refractivity contribution in [2.24, 2.45) is 5.16 Å². The molecule has 6 nitrogen and oxygen atoms in total. The summed E-state index contributed by atoms with van der Waals surface area (Å²) in [6, 6.07) is 10.1. The lowest BCUT2D eigenvalue weighted by Gasteiger charge is -2.00. The summed E-state index contributed by atoms with van der Waals surface area (Å²) in [6.07, 6.45) is 0. The van der Waals surface area contributed by atoms with Crippen LogP contribution in [0, 0.1) is 11.3 Å². The molecule has 0 aliphatic heterocycles. The molecule has 1 rings (SSSR count). The maximum absolute atomic E-state index is 11.6. The summed E-state index contributed by atoms with van der Waals surface area (Å²) in [5, 5.41) is 14.1. The molecule has 92 valence electrons. The Balaban J connectivity index is 2.57. The van der Waals surface area contributed by atoms with Gasteiger partial charge in [0.05, 0.1) is 0 Å². The van der Waals surface area contributed by atoms with Gasteiger partial charge in [-0.3, -0.25) is 9.59 Å². The Kier molecular flexibility index (Phi) is 5.06. The van der Waals surface area contributed by atoms with Crippen molar-refractivity contribution in [3.8, 4) is 6.07 Å². The number of nitriles is 1. The highest BCUT2D eigenvalue weighted by Gasteiger charge is 2.10. The number of benzene rings is 1. The van der Waals surface area contributed by atoms with E-state index >= 15 is 0 Å². The minimum Gasteiger partial charge on any atom is -0.386 e. The van der Waals surface area contributed by atoms with E-state index in [1.165, 1.54) is 7.05 Å². The van der Waals surface area contributed by atoms with Crippen LogP contribution in [0.1, 0.15) is 10.4 Å². The summed E-state index contributed by atoms with van der Waals surface area (Å²) < 4.78 is 0. The van der Waals surface area contributed by atoms with Gasteiger partial charge in [-0.25, -0.2) is 0 Å². The minimum atomic E-state index is -0.662. The Hall–Kier alpha value is -2.68. The van der Waals surface area contributed by atoms with Gasteiger partial charge >= 0.3 is 0 Å². The third-order valence-corrected chi connectivity index (χ3v) is 2.00. The molecule has 1 aromatic rings. The fourth-order valence-corrected chi connectivity index (χ4v) is 1.09. The first-order valence-electron chi connectivity index (χ1n) is 5.09. The molecule has 1 amide bonds. The number of oxime groups is 1. The monoisotopic (exact) mass is 245 g/mol. The van der Waals surface area contributed by atoms with Gasteiger partial charge in [0.25, 0.3) is 5.91 Å². The van der Waals surface area contributed by atoms with Crippen LogP contribution in [0.25, 0.3) is 0 Å². The minimum absolute atomic E-state index is 0.284. The summed E-state index contributed by atoms with van der Waals surface area (Å²) in [6.45, 7) is -0.327. The van der Waals surface area contributed by atoms with Crippen molar-refractivity contribution in [1.29, 1.82) is 5.26 Å². The zero-order valence-corrected chi connectivity index (χ0v) is 9.71. The molecule has 0 bridgehead atoms. The van der Waals surface area contributed by atoms with Gasteiger partial charge in [-0.1, -0.05) is 35.5 Å². The van der Waals surface area contributed by atoms with Gasteiger partial charge in [0.15, 0.2) is 6.61 Å². The molecular weight excluding hydrogens is 234 g/mol. The number of carbonyl (C=O) groups excluding carboxylic acids is 2. The van der Waals surface area contributed by atoms with E-state index in [4.69, 9.17) is 5.26 Å². The van der Waals surface area contributed by atoms with Gasteiger partial charge in [-0.2, -0.15) is 5.26 Å². The van der Waals surface area contributed by atoms with Crippen molar-refractivity contribution in [2.45, 2.75) is 0 Å². The first-order chi connectivity index (χ1) is 8.69. The average Bonchev–Trinajstić information content (AvgIpc) is 2.43. The van der Waals surface area contributed by atoms with Crippen LogP contribution in [0.4, 0.5) is 0 Å². The number of amides is 1. The van der Waals surface area contributed by atoms with Crippen LogP contribution in [0.5, 0.6) is 0 Å². The first-order valence-corrected chi connectivity index (χ1v) is 5.09. The van der Waals surface area contributed by atoms with Crippen LogP contribution in [0.3, 0.4) is 0 Å². The van der Waals surface area contributed by atoms with E-state index in [1.807, 2.05) is 0 Å². The number of Topliss-reactive ketones (excluding diaryl/α,β-unsaturated/α-hetero) is 1. The third-order valence-electron chi connectivity index (χ3n) is 2.00. The topological polar surface area (TPSA) is 91.6 Å². The first kappa shape index (κ1) is 13.4. The lowest BCUT2D eigenvalue weighted by molar-refractivity contribution is -0.114.